The van der Waals surface area contributed by atoms with Crippen LogP contribution >= 0.6 is 0 Å². The third-order valence-electron chi connectivity index (χ3n) is 5.77. The molecule has 3 aromatic rings. The highest BCUT2D eigenvalue weighted by Crippen LogP contribution is 2.20. The number of furan rings is 1. The Balaban J connectivity index is 1.56. The van der Waals surface area contributed by atoms with Crippen molar-refractivity contribution in [1.29, 1.82) is 0 Å². The number of piperazine rings is 1. The first-order chi connectivity index (χ1) is 16.8. The largest absolute Gasteiger partial charge is 0.459 e. The predicted molar refractivity (Wildman–Crippen MR) is 127 cm³/mol. The molecule has 0 spiro atoms. The zero-order valence-corrected chi connectivity index (χ0v) is 20.0. The molecule has 0 atom stereocenters. The van der Waals surface area contributed by atoms with E-state index in [1.54, 1.807) is 54.6 Å². The van der Waals surface area contributed by atoms with Gasteiger partial charge in [0.15, 0.2) is 11.5 Å². The number of hydrogen-bond donors (Lipinski definition) is 0. The fraction of sp³-hybridized carbons (Fsp3) is 0.240. The topological polar surface area (TPSA) is 108 Å². The van der Waals surface area contributed by atoms with Crippen LogP contribution < -0.4 is 0 Å². The highest BCUT2D eigenvalue weighted by molar-refractivity contribution is 7.89. The van der Waals surface area contributed by atoms with Crippen LogP contribution in [-0.4, -0.2) is 73.0 Å². The average Bonchev–Trinajstić information content (AvgIpc) is 3.42. The maximum atomic E-state index is 13.5. The van der Waals surface area contributed by atoms with E-state index in [0.717, 1.165) is 5.56 Å². The second-order valence-electron chi connectivity index (χ2n) is 8.15. The van der Waals surface area contributed by atoms with Gasteiger partial charge in [0.2, 0.25) is 0 Å². The average molecular weight is 496 g/mol. The van der Waals surface area contributed by atoms with Gasteiger partial charge in [-0.15, -0.1) is 0 Å². The molecule has 4 rings (SSSR count). The quantitative estimate of drug-likeness (QED) is 0.487. The van der Waals surface area contributed by atoms with E-state index in [4.69, 9.17) is 4.42 Å². The summed E-state index contributed by atoms with van der Waals surface area (Å²) in [5.41, 5.74) is 1.16. The molecule has 182 valence electrons. The summed E-state index contributed by atoms with van der Waals surface area (Å²) in [6, 6.07) is 16.7. The summed E-state index contributed by atoms with van der Waals surface area (Å²) in [4.78, 5) is 41.7. The molecule has 0 saturated carbocycles. The van der Waals surface area contributed by atoms with Gasteiger partial charge in [-0.25, -0.2) is 17.5 Å². The molecule has 3 amide bonds. The minimum Gasteiger partial charge on any atom is -0.459 e. The number of carbonyl (C=O) groups is 3. The van der Waals surface area contributed by atoms with E-state index in [1.807, 2.05) is 6.92 Å². The molecule has 0 aliphatic carbocycles. The van der Waals surface area contributed by atoms with E-state index in [-0.39, 0.29) is 42.7 Å². The second kappa shape index (κ2) is 10.1. The lowest BCUT2D eigenvalue weighted by Crippen LogP contribution is -2.55. The minimum atomic E-state index is -4.31. The number of amides is 3. The van der Waals surface area contributed by atoms with Crippen molar-refractivity contribution >= 4 is 27.7 Å². The molecule has 10 heteroatoms. The van der Waals surface area contributed by atoms with Gasteiger partial charge in [-0.1, -0.05) is 48.0 Å². The number of carbonyl (C=O) groups excluding carboxylic acids is 3. The number of urea groups is 1. The standard InChI is InChI=1S/C25H25N3O6S/c1-19-9-11-21(12-10-19)35(32,33)28(18-22(29)20-6-3-2-4-7-20)25(31)27-15-13-26(14-16-27)24(30)23-8-5-17-34-23/h2-12,17H,13-16,18H2,1H3. The summed E-state index contributed by atoms with van der Waals surface area (Å²) in [5.74, 6) is -0.603. The van der Waals surface area contributed by atoms with Gasteiger partial charge in [-0.2, -0.15) is 0 Å². The van der Waals surface area contributed by atoms with Crippen LogP contribution in [0.25, 0.3) is 0 Å². The molecule has 1 aliphatic rings. The smallest absolute Gasteiger partial charge is 0.334 e. The first-order valence-electron chi connectivity index (χ1n) is 11.1. The fourth-order valence-electron chi connectivity index (χ4n) is 3.75. The van der Waals surface area contributed by atoms with Crippen molar-refractivity contribution in [3.05, 3.63) is 89.9 Å². The Hall–Kier alpha value is -3.92. The van der Waals surface area contributed by atoms with Crippen molar-refractivity contribution in [2.75, 3.05) is 32.7 Å². The number of aryl methyl sites for hydroxylation is 1. The molecule has 0 N–H and O–H groups in total. The van der Waals surface area contributed by atoms with Gasteiger partial charge in [-0.3, -0.25) is 9.59 Å². The predicted octanol–water partition coefficient (Wildman–Crippen LogP) is 3.04. The van der Waals surface area contributed by atoms with Gasteiger partial charge in [-0.05, 0) is 31.2 Å². The minimum absolute atomic E-state index is 0.0797. The Kier molecular flexibility index (Phi) is 7.02. The van der Waals surface area contributed by atoms with Crippen molar-refractivity contribution in [3.8, 4) is 0 Å². The lowest BCUT2D eigenvalue weighted by molar-refractivity contribution is 0.0623. The number of rotatable bonds is 6. The number of sulfonamides is 1. The maximum absolute atomic E-state index is 13.5. The van der Waals surface area contributed by atoms with E-state index in [9.17, 15) is 22.8 Å². The molecular weight excluding hydrogens is 470 g/mol. The normalized spacial score (nSPS) is 14.0. The number of Topliss-reactive ketones (excluding diaryl/α,β-unsaturated/α-hetero) is 1. The molecule has 0 unspecified atom stereocenters. The van der Waals surface area contributed by atoms with Crippen molar-refractivity contribution in [3.63, 3.8) is 0 Å². The van der Waals surface area contributed by atoms with Crippen LogP contribution in [0.1, 0.15) is 26.5 Å². The molecule has 35 heavy (non-hydrogen) atoms. The second-order valence-corrected chi connectivity index (χ2v) is 10.0. The molecule has 1 fully saturated rings. The first kappa shape index (κ1) is 24.2. The van der Waals surface area contributed by atoms with Crippen LogP contribution in [0, 0.1) is 6.92 Å². The number of hydrogen-bond acceptors (Lipinski definition) is 6. The Labute approximate surface area is 203 Å². The van der Waals surface area contributed by atoms with Crippen LogP contribution in [0.5, 0.6) is 0 Å². The zero-order chi connectivity index (χ0) is 25.0. The summed E-state index contributed by atoms with van der Waals surface area (Å²) in [5, 5.41) is 0. The van der Waals surface area contributed by atoms with Gasteiger partial charge >= 0.3 is 6.03 Å². The third kappa shape index (κ3) is 5.27. The van der Waals surface area contributed by atoms with E-state index in [2.05, 4.69) is 0 Å². The van der Waals surface area contributed by atoms with Crippen LogP contribution in [0.4, 0.5) is 4.79 Å². The van der Waals surface area contributed by atoms with Crippen LogP contribution in [0.3, 0.4) is 0 Å². The highest BCUT2D eigenvalue weighted by Gasteiger charge is 2.36. The molecule has 1 aromatic heterocycles. The zero-order valence-electron chi connectivity index (χ0n) is 19.2. The Morgan fingerprint density at radius 1 is 0.857 bits per heavy atom. The monoisotopic (exact) mass is 495 g/mol. The van der Waals surface area contributed by atoms with Crippen LogP contribution in [-0.2, 0) is 10.0 Å². The lowest BCUT2D eigenvalue weighted by atomic mass is 10.1. The van der Waals surface area contributed by atoms with Crippen molar-refractivity contribution in [2.24, 2.45) is 0 Å². The molecule has 0 bridgehead atoms. The molecule has 0 radical (unpaired) electrons. The van der Waals surface area contributed by atoms with Gasteiger partial charge in [0.25, 0.3) is 15.9 Å². The van der Waals surface area contributed by atoms with Crippen molar-refractivity contribution in [1.82, 2.24) is 14.1 Å². The van der Waals surface area contributed by atoms with Gasteiger partial charge in [0, 0.05) is 31.7 Å². The van der Waals surface area contributed by atoms with E-state index in [1.165, 1.54) is 28.2 Å². The molecule has 9 nitrogen and oxygen atoms in total. The molecular formula is C25H25N3O6S. The Bertz CT molecular complexity index is 1300. The third-order valence-corrected chi connectivity index (χ3v) is 7.51. The molecule has 2 heterocycles. The highest BCUT2D eigenvalue weighted by atomic mass is 32.2. The summed E-state index contributed by atoms with van der Waals surface area (Å²) >= 11 is 0. The van der Waals surface area contributed by atoms with Crippen molar-refractivity contribution < 1.29 is 27.2 Å². The van der Waals surface area contributed by atoms with Crippen LogP contribution in [0.15, 0.2) is 82.3 Å². The van der Waals surface area contributed by atoms with E-state index in [0.29, 0.717) is 9.87 Å². The molecule has 2 aromatic carbocycles. The SMILES string of the molecule is Cc1ccc(S(=O)(=O)N(CC(=O)c2ccccc2)C(=O)N2CCN(C(=O)c3ccco3)CC2)cc1. The summed E-state index contributed by atoms with van der Waals surface area (Å²) in [7, 11) is -4.31. The summed E-state index contributed by atoms with van der Waals surface area (Å²) < 4.78 is 32.7. The first-order valence-corrected chi connectivity index (χ1v) is 12.5. The Morgan fingerprint density at radius 2 is 1.49 bits per heavy atom. The van der Waals surface area contributed by atoms with E-state index >= 15 is 0 Å². The number of nitrogens with zero attached hydrogens (tertiary/aromatic N) is 3. The molecule has 1 aliphatic heterocycles. The van der Waals surface area contributed by atoms with Gasteiger partial charge in [0.1, 0.15) is 6.54 Å². The summed E-state index contributed by atoms with van der Waals surface area (Å²) in [6.07, 6.45) is 1.41. The number of benzene rings is 2. The van der Waals surface area contributed by atoms with Crippen molar-refractivity contribution in [2.45, 2.75) is 11.8 Å². The van der Waals surface area contributed by atoms with Gasteiger partial charge in [0.05, 0.1) is 11.2 Å². The molecule has 1 saturated heterocycles. The Morgan fingerprint density at radius 3 is 2.09 bits per heavy atom. The van der Waals surface area contributed by atoms with Gasteiger partial charge < -0.3 is 14.2 Å². The lowest BCUT2D eigenvalue weighted by Gasteiger charge is -2.36. The summed E-state index contributed by atoms with van der Waals surface area (Å²) in [6.45, 7) is 1.83. The number of ketones is 1. The van der Waals surface area contributed by atoms with Crippen LogP contribution in [0.2, 0.25) is 0 Å². The maximum Gasteiger partial charge on any atom is 0.334 e. The van der Waals surface area contributed by atoms with E-state index < -0.39 is 28.4 Å². The fourth-order valence-corrected chi connectivity index (χ4v) is 5.10.